The Balaban J connectivity index is 1.57. The topological polar surface area (TPSA) is 26.3 Å². The molecule has 1 aliphatic rings. The second-order valence-corrected chi connectivity index (χ2v) is 6.69. The average molecular weight is 334 g/mol. The van der Waals surface area contributed by atoms with E-state index >= 15 is 0 Å². The molecule has 1 fully saturated rings. The summed E-state index contributed by atoms with van der Waals surface area (Å²) in [7, 11) is 0. The fourth-order valence-electron chi connectivity index (χ4n) is 3.34. The smallest absolute Gasteiger partial charge is 0.306 e. The van der Waals surface area contributed by atoms with Crippen LogP contribution in [0.5, 0.6) is 0 Å². The molecule has 0 N–H and O–H groups in total. The second-order valence-electron chi connectivity index (χ2n) is 6.69. The van der Waals surface area contributed by atoms with Gasteiger partial charge in [-0.05, 0) is 48.8 Å². The maximum absolute atomic E-state index is 12.1. The summed E-state index contributed by atoms with van der Waals surface area (Å²) in [5, 5.41) is 0. The molecule has 0 amide bonds. The molecule has 130 valence electrons. The van der Waals surface area contributed by atoms with Crippen LogP contribution >= 0.6 is 0 Å². The first kappa shape index (κ1) is 17.5. The van der Waals surface area contributed by atoms with Crippen molar-refractivity contribution in [3.8, 4) is 0 Å². The maximum atomic E-state index is 12.1. The number of carbonyl (C=O) groups is 1. The zero-order chi connectivity index (χ0) is 17.3. The zero-order valence-corrected chi connectivity index (χ0v) is 14.7. The molecule has 0 aromatic heterocycles. The summed E-state index contributed by atoms with van der Waals surface area (Å²) >= 11 is 0. The zero-order valence-electron chi connectivity index (χ0n) is 14.7. The predicted octanol–water partition coefficient (Wildman–Crippen LogP) is 5.67. The van der Waals surface area contributed by atoms with Gasteiger partial charge in [0.2, 0.25) is 0 Å². The molecule has 2 aromatic carbocycles. The van der Waals surface area contributed by atoms with Gasteiger partial charge in [-0.1, -0.05) is 73.2 Å². The molecule has 0 bridgehead atoms. The molecule has 0 saturated heterocycles. The minimum atomic E-state index is -0.0613. The van der Waals surface area contributed by atoms with Crippen molar-refractivity contribution in [2.45, 2.75) is 51.0 Å². The van der Waals surface area contributed by atoms with Gasteiger partial charge in [0.25, 0.3) is 0 Å². The summed E-state index contributed by atoms with van der Waals surface area (Å²) in [6.45, 7) is 0. The lowest BCUT2D eigenvalue weighted by molar-refractivity contribution is -0.150. The summed E-state index contributed by atoms with van der Waals surface area (Å²) in [6, 6.07) is 18.5. The van der Waals surface area contributed by atoms with Gasteiger partial charge in [-0.15, -0.1) is 0 Å². The standard InChI is InChI=1S/C23H26O2/c24-23(25-22-13-5-2-6-14-22)18-17-21-12-8-7-11-20(21)16-15-19-9-3-1-4-10-19/h1,3-4,7-12,15-16,22H,2,5-6,13-14,17-18H2/b16-15+. The second kappa shape index (κ2) is 9.22. The van der Waals surface area contributed by atoms with Crippen LogP contribution in [-0.4, -0.2) is 12.1 Å². The van der Waals surface area contributed by atoms with Crippen molar-refractivity contribution in [2.75, 3.05) is 0 Å². The summed E-state index contributed by atoms with van der Waals surface area (Å²) in [5.41, 5.74) is 3.53. The van der Waals surface area contributed by atoms with Gasteiger partial charge < -0.3 is 4.74 Å². The Morgan fingerprint density at radius 2 is 1.64 bits per heavy atom. The van der Waals surface area contributed by atoms with Crippen molar-refractivity contribution < 1.29 is 9.53 Å². The van der Waals surface area contributed by atoms with E-state index in [0.717, 1.165) is 24.8 Å². The maximum Gasteiger partial charge on any atom is 0.306 e. The summed E-state index contributed by atoms with van der Waals surface area (Å²) in [6.07, 6.45) is 11.3. The fourth-order valence-corrected chi connectivity index (χ4v) is 3.34. The molecule has 0 unspecified atom stereocenters. The van der Waals surface area contributed by atoms with Crippen molar-refractivity contribution in [1.29, 1.82) is 0 Å². The van der Waals surface area contributed by atoms with Crippen molar-refractivity contribution in [2.24, 2.45) is 0 Å². The molecule has 0 atom stereocenters. The van der Waals surface area contributed by atoms with Crippen LogP contribution in [0.25, 0.3) is 12.2 Å². The van der Waals surface area contributed by atoms with Gasteiger partial charge in [0, 0.05) is 6.42 Å². The SMILES string of the molecule is O=C(CCc1ccccc1/C=C/c1ccccc1)OC1CCCCC1. The molecule has 2 heteroatoms. The largest absolute Gasteiger partial charge is 0.462 e. The highest BCUT2D eigenvalue weighted by atomic mass is 16.5. The van der Waals surface area contributed by atoms with Crippen LogP contribution in [0.15, 0.2) is 54.6 Å². The number of carbonyl (C=O) groups excluding carboxylic acids is 1. The van der Waals surface area contributed by atoms with Gasteiger partial charge in [0.15, 0.2) is 0 Å². The summed E-state index contributed by atoms with van der Waals surface area (Å²) in [5.74, 6) is -0.0613. The highest BCUT2D eigenvalue weighted by Crippen LogP contribution is 2.21. The highest BCUT2D eigenvalue weighted by Gasteiger charge is 2.17. The van der Waals surface area contributed by atoms with Crippen LogP contribution < -0.4 is 0 Å². The van der Waals surface area contributed by atoms with Crippen molar-refractivity contribution >= 4 is 18.1 Å². The highest BCUT2D eigenvalue weighted by molar-refractivity contribution is 5.73. The number of hydrogen-bond acceptors (Lipinski definition) is 2. The molecule has 0 heterocycles. The Hall–Kier alpha value is -2.35. The predicted molar refractivity (Wildman–Crippen MR) is 103 cm³/mol. The first-order chi connectivity index (χ1) is 12.3. The first-order valence-electron chi connectivity index (χ1n) is 9.32. The van der Waals surface area contributed by atoms with E-state index in [1.807, 2.05) is 30.3 Å². The Labute approximate surface area is 150 Å². The molecule has 2 aromatic rings. The first-order valence-corrected chi connectivity index (χ1v) is 9.32. The van der Waals surface area contributed by atoms with Crippen molar-refractivity contribution in [3.05, 3.63) is 71.3 Å². The van der Waals surface area contributed by atoms with Crippen LogP contribution in [-0.2, 0) is 16.0 Å². The lowest BCUT2D eigenvalue weighted by Gasteiger charge is -2.21. The van der Waals surface area contributed by atoms with Crippen LogP contribution in [0.4, 0.5) is 0 Å². The van der Waals surface area contributed by atoms with E-state index in [2.05, 4.69) is 36.4 Å². The van der Waals surface area contributed by atoms with Crippen LogP contribution in [0, 0.1) is 0 Å². The van der Waals surface area contributed by atoms with Crippen LogP contribution in [0.2, 0.25) is 0 Å². The van der Waals surface area contributed by atoms with E-state index in [1.54, 1.807) is 0 Å². The molecule has 25 heavy (non-hydrogen) atoms. The minimum absolute atomic E-state index is 0.0613. The van der Waals surface area contributed by atoms with Crippen molar-refractivity contribution in [1.82, 2.24) is 0 Å². The normalized spacial score (nSPS) is 15.4. The van der Waals surface area contributed by atoms with Gasteiger partial charge in [0.05, 0.1) is 0 Å². The Morgan fingerprint density at radius 1 is 0.920 bits per heavy atom. The molecule has 0 spiro atoms. The Kier molecular flexibility index (Phi) is 6.44. The van der Waals surface area contributed by atoms with Crippen LogP contribution in [0.3, 0.4) is 0 Å². The Morgan fingerprint density at radius 3 is 2.44 bits per heavy atom. The van der Waals surface area contributed by atoms with E-state index < -0.39 is 0 Å². The third-order valence-electron chi connectivity index (χ3n) is 4.76. The fraction of sp³-hybridized carbons (Fsp3) is 0.348. The number of ether oxygens (including phenoxy) is 1. The Bertz CT molecular complexity index is 697. The molecule has 1 aliphatic carbocycles. The minimum Gasteiger partial charge on any atom is -0.462 e. The van der Waals surface area contributed by atoms with Gasteiger partial charge in [-0.25, -0.2) is 0 Å². The molecular weight excluding hydrogens is 308 g/mol. The lowest BCUT2D eigenvalue weighted by atomic mass is 9.97. The molecular formula is C23H26O2. The average Bonchev–Trinajstić information content (AvgIpc) is 2.67. The molecule has 1 saturated carbocycles. The third kappa shape index (κ3) is 5.60. The van der Waals surface area contributed by atoms with E-state index in [9.17, 15) is 4.79 Å². The number of aryl methyl sites for hydroxylation is 1. The van der Waals surface area contributed by atoms with Crippen LogP contribution in [0.1, 0.15) is 55.2 Å². The van der Waals surface area contributed by atoms with E-state index in [0.29, 0.717) is 6.42 Å². The monoisotopic (exact) mass is 334 g/mol. The number of rotatable bonds is 6. The molecule has 3 rings (SSSR count). The van der Waals surface area contributed by atoms with E-state index in [4.69, 9.17) is 4.74 Å². The third-order valence-corrected chi connectivity index (χ3v) is 4.76. The lowest BCUT2D eigenvalue weighted by Crippen LogP contribution is -2.21. The number of benzene rings is 2. The molecule has 0 aliphatic heterocycles. The number of esters is 1. The van der Waals surface area contributed by atoms with Gasteiger partial charge in [-0.2, -0.15) is 0 Å². The number of hydrogen-bond donors (Lipinski definition) is 0. The van der Waals surface area contributed by atoms with Gasteiger partial charge in [0.1, 0.15) is 6.10 Å². The molecule has 0 radical (unpaired) electrons. The van der Waals surface area contributed by atoms with Gasteiger partial charge in [-0.3, -0.25) is 4.79 Å². The molecule has 2 nitrogen and oxygen atoms in total. The van der Waals surface area contributed by atoms with Gasteiger partial charge >= 0.3 is 5.97 Å². The van der Waals surface area contributed by atoms with E-state index in [1.165, 1.54) is 30.4 Å². The summed E-state index contributed by atoms with van der Waals surface area (Å²) < 4.78 is 5.63. The summed E-state index contributed by atoms with van der Waals surface area (Å²) in [4.78, 5) is 12.1. The van der Waals surface area contributed by atoms with E-state index in [-0.39, 0.29) is 12.1 Å². The van der Waals surface area contributed by atoms with Crippen molar-refractivity contribution in [3.63, 3.8) is 0 Å². The quantitative estimate of drug-likeness (QED) is 0.503.